The molecule has 0 aromatic carbocycles. The average Bonchev–Trinajstić information content (AvgIpc) is 2.54. The van der Waals surface area contributed by atoms with E-state index in [0.29, 0.717) is 0 Å². The van der Waals surface area contributed by atoms with Crippen LogP contribution in [0.4, 0.5) is 0 Å². The Hall–Kier alpha value is -1.33. The molecule has 1 N–H and O–H groups in total. The molecule has 0 amide bonds. The largest absolute Gasteiger partial charge is 0.493 e. The van der Waals surface area contributed by atoms with E-state index in [-0.39, 0.29) is 0 Å². The summed E-state index contributed by atoms with van der Waals surface area (Å²) in [4.78, 5) is 6.92. The van der Waals surface area contributed by atoms with E-state index in [2.05, 4.69) is 22.1 Å². The predicted molar refractivity (Wildman–Crippen MR) is 83.9 cm³/mol. The van der Waals surface area contributed by atoms with Crippen LogP contribution in [0.2, 0.25) is 0 Å². The highest BCUT2D eigenvalue weighted by Gasteiger charge is 2.19. The molecule has 1 aliphatic heterocycles. The molecule has 0 bridgehead atoms. The third-order valence-electron chi connectivity index (χ3n) is 4.16. The number of methoxy groups -OCH3 is 2. The van der Waals surface area contributed by atoms with E-state index in [1.165, 1.54) is 12.8 Å². The summed E-state index contributed by atoms with van der Waals surface area (Å²) in [6, 6.07) is 1.84. The van der Waals surface area contributed by atoms with Gasteiger partial charge in [-0.2, -0.15) is 0 Å². The van der Waals surface area contributed by atoms with Crippen molar-refractivity contribution in [3.05, 3.63) is 18.0 Å². The Morgan fingerprint density at radius 3 is 2.67 bits per heavy atom. The standard InChI is InChI=1S/C16H27N3O2/c1-4-19(11-13-5-8-17-9-6-13)12-14-16(21-3)15(20-2)7-10-18-14/h7,10,13,17H,4-6,8-9,11-12H2,1-3H3. The van der Waals surface area contributed by atoms with Gasteiger partial charge in [0.15, 0.2) is 11.5 Å². The number of aromatic nitrogens is 1. The second-order valence-electron chi connectivity index (χ2n) is 5.51. The van der Waals surface area contributed by atoms with Gasteiger partial charge in [-0.25, -0.2) is 0 Å². The molecule has 0 unspecified atom stereocenters. The second-order valence-corrected chi connectivity index (χ2v) is 5.51. The molecule has 1 aromatic rings. The zero-order valence-electron chi connectivity index (χ0n) is 13.4. The van der Waals surface area contributed by atoms with Crippen molar-refractivity contribution in [3.63, 3.8) is 0 Å². The van der Waals surface area contributed by atoms with Crippen LogP contribution in [0.25, 0.3) is 0 Å². The quantitative estimate of drug-likeness (QED) is 0.832. The first-order chi connectivity index (χ1) is 10.3. The lowest BCUT2D eigenvalue weighted by molar-refractivity contribution is 0.202. The van der Waals surface area contributed by atoms with Gasteiger partial charge in [-0.05, 0) is 38.4 Å². The van der Waals surface area contributed by atoms with Crippen LogP contribution < -0.4 is 14.8 Å². The van der Waals surface area contributed by atoms with Crippen molar-refractivity contribution < 1.29 is 9.47 Å². The lowest BCUT2D eigenvalue weighted by atomic mass is 9.97. The Labute approximate surface area is 127 Å². The summed E-state index contributed by atoms with van der Waals surface area (Å²) < 4.78 is 10.8. The Morgan fingerprint density at radius 1 is 1.29 bits per heavy atom. The van der Waals surface area contributed by atoms with Gasteiger partial charge in [0.25, 0.3) is 0 Å². The highest BCUT2D eigenvalue weighted by molar-refractivity contribution is 5.42. The van der Waals surface area contributed by atoms with Gasteiger partial charge < -0.3 is 14.8 Å². The summed E-state index contributed by atoms with van der Waals surface area (Å²) in [5.41, 5.74) is 0.952. The molecule has 2 heterocycles. The third-order valence-corrected chi connectivity index (χ3v) is 4.16. The fourth-order valence-electron chi connectivity index (χ4n) is 2.91. The van der Waals surface area contributed by atoms with E-state index in [1.807, 2.05) is 6.07 Å². The molecule has 1 aromatic heterocycles. The molecular formula is C16H27N3O2. The average molecular weight is 293 g/mol. The van der Waals surface area contributed by atoms with Crippen LogP contribution >= 0.6 is 0 Å². The van der Waals surface area contributed by atoms with Gasteiger partial charge in [0.2, 0.25) is 0 Å². The van der Waals surface area contributed by atoms with E-state index in [1.54, 1.807) is 20.4 Å². The summed E-state index contributed by atoms with van der Waals surface area (Å²) in [6.07, 6.45) is 4.31. The molecule has 0 saturated carbocycles. The topological polar surface area (TPSA) is 46.6 Å². The maximum Gasteiger partial charge on any atom is 0.183 e. The van der Waals surface area contributed by atoms with E-state index in [9.17, 15) is 0 Å². The van der Waals surface area contributed by atoms with Crippen molar-refractivity contribution in [3.8, 4) is 11.5 Å². The van der Waals surface area contributed by atoms with Gasteiger partial charge >= 0.3 is 0 Å². The third kappa shape index (κ3) is 4.32. The first-order valence-corrected chi connectivity index (χ1v) is 7.77. The number of piperidine rings is 1. The summed E-state index contributed by atoms with van der Waals surface area (Å²) in [5.74, 6) is 2.28. The van der Waals surface area contributed by atoms with Crippen LogP contribution in [0.3, 0.4) is 0 Å². The Balaban J connectivity index is 2.03. The van der Waals surface area contributed by atoms with Crippen LogP contribution in [0.1, 0.15) is 25.5 Å². The maximum absolute atomic E-state index is 5.48. The van der Waals surface area contributed by atoms with Crippen LogP contribution in [-0.2, 0) is 6.54 Å². The van der Waals surface area contributed by atoms with Crippen molar-refractivity contribution in [2.75, 3.05) is 40.4 Å². The molecule has 1 fully saturated rings. The highest BCUT2D eigenvalue weighted by atomic mass is 16.5. The fourth-order valence-corrected chi connectivity index (χ4v) is 2.91. The van der Waals surface area contributed by atoms with Crippen LogP contribution in [0.5, 0.6) is 11.5 Å². The Bertz CT molecular complexity index is 434. The summed E-state index contributed by atoms with van der Waals surface area (Å²) in [5, 5.41) is 3.42. The second kappa shape index (κ2) is 8.20. The zero-order chi connectivity index (χ0) is 15.1. The molecule has 2 rings (SSSR count). The molecule has 5 nitrogen and oxygen atoms in total. The first-order valence-electron chi connectivity index (χ1n) is 7.77. The van der Waals surface area contributed by atoms with E-state index >= 15 is 0 Å². The lowest BCUT2D eigenvalue weighted by Crippen LogP contribution is -2.36. The zero-order valence-corrected chi connectivity index (χ0v) is 13.4. The molecule has 0 atom stereocenters. The van der Waals surface area contributed by atoms with Crippen molar-refractivity contribution in [2.45, 2.75) is 26.3 Å². The number of hydrogen-bond donors (Lipinski definition) is 1. The molecule has 21 heavy (non-hydrogen) atoms. The predicted octanol–water partition coefficient (Wildman–Crippen LogP) is 1.92. The van der Waals surface area contributed by atoms with Crippen LogP contribution in [-0.4, -0.2) is 50.3 Å². The number of ether oxygens (including phenoxy) is 2. The van der Waals surface area contributed by atoms with Gasteiger partial charge in [-0.3, -0.25) is 9.88 Å². The minimum absolute atomic E-state index is 0.750. The maximum atomic E-state index is 5.48. The number of hydrogen-bond acceptors (Lipinski definition) is 5. The smallest absolute Gasteiger partial charge is 0.183 e. The molecular weight excluding hydrogens is 266 g/mol. The first kappa shape index (κ1) is 16.0. The fraction of sp³-hybridized carbons (Fsp3) is 0.688. The van der Waals surface area contributed by atoms with Crippen molar-refractivity contribution in [2.24, 2.45) is 5.92 Å². The van der Waals surface area contributed by atoms with Gasteiger partial charge in [-0.15, -0.1) is 0 Å². The minimum Gasteiger partial charge on any atom is -0.493 e. The number of nitrogens with one attached hydrogen (secondary N) is 1. The minimum atomic E-state index is 0.750. The molecule has 1 saturated heterocycles. The summed E-state index contributed by atoms with van der Waals surface area (Å²) in [6.45, 7) is 7.44. The van der Waals surface area contributed by atoms with Crippen molar-refractivity contribution in [1.29, 1.82) is 0 Å². The number of rotatable bonds is 7. The van der Waals surface area contributed by atoms with Gasteiger partial charge in [0, 0.05) is 25.4 Å². The molecule has 0 aliphatic carbocycles. The molecule has 0 spiro atoms. The Kier molecular flexibility index (Phi) is 6.26. The van der Waals surface area contributed by atoms with E-state index in [4.69, 9.17) is 9.47 Å². The summed E-state index contributed by atoms with van der Waals surface area (Å²) >= 11 is 0. The number of nitrogens with zero attached hydrogens (tertiary/aromatic N) is 2. The van der Waals surface area contributed by atoms with E-state index < -0.39 is 0 Å². The van der Waals surface area contributed by atoms with Gasteiger partial charge in [0.05, 0.1) is 14.2 Å². The summed E-state index contributed by atoms with van der Waals surface area (Å²) in [7, 11) is 3.33. The molecule has 0 radical (unpaired) electrons. The highest BCUT2D eigenvalue weighted by Crippen LogP contribution is 2.30. The van der Waals surface area contributed by atoms with E-state index in [0.717, 1.165) is 55.8 Å². The molecule has 118 valence electrons. The monoisotopic (exact) mass is 293 g/mol. The SMILES string of the molecule is CCN(Cc1nccc(OC)c1OC)CC1CCNCC1. The Morgan fingerprint density at radius 2 is 2.05 bits per heavy atom. The normalized spacial score (nSPS) is 16.2. The van der Waals surface area contributed by atoms with Gasteiger partial charge in [0.1, 0.15) is 5.69 Å². The van der Waals surface area contributed by atoms with Crippen LogP contribution in [0.15, 0.2) is 12.3 Å². The molecule has 5 heteroatoms. The lowest BCUT2D eigenvalue weighted by Gasteiger charge is -2.29. The molecule has 1 aliphatic rings. The number of pyridine rings is 1. The van der Waals surface area contributed by atoms with Crippen molar-refractivity contribution in [1.82, 2.24) is 15.2 Å². The van der Waals surface area contributed by atoms with Crippen LogP contribution in [0, 0.1) is 5.92 Å². The van der Waals surface area contributed by atoms with Crippen molar-refractivity contribution >= 4 is 0 Å². The van der Waals surface area contributed by atoms with Gasteiger partial charge in [-0.1, -0.05) is 6.92 Å².